The fourth-order valence-corrected chi connectivity index (χ4v) is 2.69. The summed E-state index contributed by atoms with van der Waals surface area (Å²) in [4.78, 5) is 6.68. The minimum atomic E-state index is 0.382. The number of hydrogen-bond donors (Lipinski definition) is 1. The van der Waals surface area contributed by atoms with Gasteiger partial charge in [0.25, 0.3) is 0 Å². The number of rotatable bonds is 4. The molecule has 5 nitrogen and oxygen atoms in total. The third-order valence-corrected chi connectivity index (χ3v) is 3.61. The van der Waals surface area contributed by atoms with Crippen LogP contribution in [0.5, 0.6) is 0 Å². The molecule has 0 amide bonds. The fraction of sp³-hybridized carbons (Fsp3) is 0.467. The van der Waals surface area contributed by atoms with Crippen LogP contribution in [0.4, 0.5) is 6.01 Å². The van der Waals surface area contributed by atoms with Gasteiger partial charge in [0, 0.05) is 19.1 Å². The molecule has 0 bridgehead atoms. The lowest BCUT2D eigenvalue weighted by Crippen LogP contribution is -2.41. The molecule has 1 atom stereocenters. The second kappa shape index (κ2) is 6.05. The molecule has 20 heavy (non-hydrogen) atoms. The third-order valence-electron chi connectivity index (χ3n) is 3.61. The second-order valence-corrected chi connectivity index (χ2v) is 5.35. The van der Waals surface area contributed by atoms with Crippen LogP contribution in [0, 0.1) is 6.92 Å². The maximum absolute atomic E-state index is 5.13. The summed E-state index contributed by atoms with van der Waals surface area (Å²) in [5, 5.41) is 7.14. The molecule has 0 saturated carbocycles. The molecule has 106 valence electrons. The van der Waals surface area contributed by atoms with Gasteiger partial charge < -0.3 is 9.84 Å². The van der Waals surface area contributed by atoms with Gasteiger partial charge >= 0.3 is 6.01 Å². The van der Waals surface area contributed by atoms with Gasteiger partial charge in [-0.05, 0) is 31.9 Å². The normalized spacial score (nSPS) is 19.9. The molecule has 3 rings (SSSR count). The van der Waals surface area contributed by atoms with Crippen LogP contribution >= 0.6 is 0 Å². The zero-order valence-electron chi connectivity index (χ0n) is 11.7. The number of aryl methyl sites for hydroxylation is 1. The summed E-state index contributed by atoms with van der Waals surface area (Å²) >= 11 is 0. The molecule has 1 aliphatic rings. The number of anilines is 1. The molecule has 1 aliphatic heterocycles. The van der Waals surface area contributed by atoms with E-state index >= 15 is 0 Å². The highest BCUT2D eigenvalue weighted by Crippen LogP contribution is 2.17. The highest BCUT2D eigenvalue weighted by molar-refractivity contribution is 5.21. The van der Waals surface area contributed by atoms with E-state index in [4.69, 9.17) is 4.52 Å². The predicted molar refractivity (Wildman–Crippen MR) is 77.4 cm³/mol. The van der Waals surface area contributed by atoms with E-state index in [1.165, 1.54) is 12.0 Å². The van der Waals surface area contributed by atoms with Gasteiger partial charge in [-0.3, -0.25) is 4.90 Å². The quantitative estimate of drug-likeness (QED) is 0.926. The number of nitrogens with one attached hydrogen (secondary N) is 1. The topological polar surface area (TPSA) is 54.2 Å². The Morgan fingerprint density at radius 1 is 1.35 bits per heavy atom. The van der Waals surface area contributed by atoms with Crippen LogP contribution in [0.1, 0.15) is 24.2 Å². The summed E-state index contributed by atoms with van der Waals surface area (Å²) in [6.45, 7) is 4.99. The van der Waals surface area contributed by atoms with Crippen LogP contribution in [-0.4, -0.2) is 34.2 Å². The van der Waals surface area contributed by atoms with E-state index in [1.54, 1.807) is 0 Å². The molecule has 2 aromatic rings. The van der Waals surface area contributed by atoms with Crippen LogP contribution in [-0.2, 0) is 6.54 Å². The van der Waals surface area contributed by atoms with Gasteiger partial charge in [-0.1, -0.05) is 35.5 Å². The monoisotopic (exact) mass is 272 g/mol. The number of nitrogens with zero attached hydrogens (tertiary/aromatic N) is 3. The van der Waals surface area contributed by atoms with E-state index in [0.717, 1.165) is 26.1 Å². The van der Waals surface area contributed by atoms with E-state index < -0.39 is 0 Å². The summed E-state index contributed by atoms with van der Waals surface area (Å²) in [6.07, 6.45) is 2.34. The lowest BCUT2D eigenvalue weighted by atomic mass is 10.0. The Labute approximate surface area is 119 Å². The molecule has 1 aromatic heterocycles. The Balaban J connectivity index is 1.56. The van der Waals surface area contributed by atoms with Crippen molar-refractivity contribution in [2.45, 2.75) is 32.4 Å². The molecule has 5 heteroatoms. The van der Waals surface area contributed by atoms with Crippen LogP contribution < -0.4 is 5.32 Å². The molecule has 1 fully saturated rings. The van der Waals surface area contributed by atoms with Crippen LogP contribution in [0.2, 0.25) is 0 Å². The van der Waals surface area contributed by atoms with Gasteiger partial charge in [0.05, 0.1) is 0 Å². The Kier molecular flexibility index (Phi) is 3.97. The molecule has 0 aliphatic carbocycles. The summed E-state index contributed by atoms with van der Waals surface area (Å²) in [6, 6.07) is 11.5. The maximum Gasteiger partial charge on any atom is 0.321 e. The molecule has 1 N–H and O–H groups in total. The maximum atomic E-state index is 5.13. The van der Waals surface area contributed by atoms with Crippen molar-refractivity contribution >= 4 is 6.01 Å². The van der Waals surface area contributed by atoms with Crippen molar-refractivity contribution in [1.29, 1.82) is 0 Å². The van der Waals surface area contributed by atoms with Gasteiger partial charge in [0.1, 0.15) is 0 Å². The zero-order chi connectivity index (χ0) is 13.8. The van der Waals surface area contributed by atoms with Gasteiger partial charge in [0.2, 0.25) is 0 Å². The van der Waals surface area contributed by atoms with E-state index in [1.807, 2.05) is 6.92 Å². The van der Waals surface area contributed by atoms with Gasteiger partial charge in [-0.25, -0.2) is 0 Å². The Morgan fingerprint density at radius 2 is 2.20 bits per heavy atom. The highest BCUT2D eigenvalue weighted by Gasteiger charge is 2.21. The molecule has 2 heterocycles. The van der Waals surface area contributed by atoms with Crippen molar-refractivity contribution in [3.05, 3.63) is 41.7 Å². The van der Waals surface area contributed by atoms with Crippen molar-refractivity contribution < 1.29 is 4.52 Å². The van der Waals surface area contributed by atoms with E-state index in [2.05, 4.69) is 50.7 Å². The number of benzene rings is 1. The largest absolute Gasteiger partial charge is 0.334 e. The molecular formula is C15H20N4O. The first kappa shape index (κ1) is 13.1. The third kappa shape index (κ3) is 3.36. The van der Waals surface area contributed by atoms with Gasteiger partial charge in [-0.15, -0.1) is 0 Å². The molecule has 1 unspecified atom stereocenters. The van der Waals surface area contributed by atoms with Crippen molar-refractivity contribution in [3.63, 3.8) is 0 Å². The molecule has 0 spiro atoms. The first-order valence-corrected chi connectivity index (χ1v) is 7.13. The average Bonchev–Trinajstić information content (AvgIpc) is 2.86. The van der Waals surface area contributed by atoms with E-state index in [0.29, 0.717) is 17.9 Å². The number of likely N-dealkylation sites (tertiary alicyclic amines) is 1. The summed E-state index contributed by atoms with van der Waals surface area (Å²) in [7, 11) is 0. The lowest BCUT2D eigenvalue weighted by molar-refractivity contribution is 0.206. The molecule has 1 aromatic carbocycles. The first-order valence-electron chi connectivity index (χ1n) is 7.13. The Bertz CT molecular complexity index is 540. The standard InChI is InChI=1S/C15H20N4O/c1-12-16-15(20-18-12)17-14-8-5-9-19(11-14)10-13-6-3-2-4-7-13/h2-4,6-7,14H,5,8-11H2,1H3,(H,16,17,18). The highest BCUT2D eigenvalue weighted by atomic mass is 16.5. The first-order chi connectivity index (χ1) is 9.79. The lowest BCUT2D eigenvalue weighted by Gasteiger charge is -2.32. The molecule has 1 saturated heterocycles. The van der Waals surface area contributed by atoms with Crippen molar-refractivity contribution in [3.8, 4) is 0 Å². The molecule has 0 radical (unpaired) electrons. The van der Waals surface area contributed by atoms with Crippen molar-refractivity contribution in [2.75, 3.05) is 18.4 Å². The fourth-order valence-electron chi connectivity index (χ4n) is 2.69. The second-order valence-electron chi connectivity index (χ2n) is 5.35. The van der Waals surface area contributed by atoms with Crippen molar-refractivity contribution in [2.24, 2.45) is 0 Å². The van der Waals surface area contributed by atoms with Crippen molar-refractivity contribution in [1.82, 2.24) is 15.0 Å². The van der Waals surface area contributed by atoms with E-state index in [9.17, 15) is 0 Å². The number of aromatic nitrogens is 2. The van der Waals surface area contributed by atoms with Crippen LogP contribution in [0.15, 0.2) is 34.9 Å². The minimum absolute atomic E-state index is 0.382. The smallest absolute Gasteiger partial charge is 0.321 e. The predicted octanol–water partition coefficient (Wildman–Crippen LogP) is 2.45. The van der Waals surface area contributed by atoms with Crippen LogP contribution in [0.25, 0.3) is 0 Å². The Morgan fingerprint density at radius 3 is 2.95 bits per heavy atom. The minimum Gasteiger partial charge on any atom is -0.334 e. The summed E-state index contributed by atoms with van der Waals surface area (Å²) < 4.78 is 5.13. The van der Waals surface area contributed by atoms with E-state index in [-0.39, 0.29) is 0 Å². The van der Waals surface area contributed by atoms with Crippen LogP contribution in [0.3, 0.4) is 0 Å². The molecular weight excluding hydrogens is 252 g/mol. The Hall–Kier alpha value is -1.88. The summed E-state index contributed by atoms with van der Waals surface area (Å²) in [5.41, 5.74) is 1.36. The zero-order valence-corrected chi connectivity index (χ0v) is 11.7. The number of hydrogen-bond acceptors (Lipinski definition) is 5. The van der Waals surface area contributed by atoms with Gasteiger partial charge in [0.15, 0.2) is 5.82 Å². The average molecular weight is 272 g/mol. The summed E-state index contributed by atoms with van der Waals surface area (Å²) in [5.74, 6) is 0.671. The number of piperidine rings is 1. The van der Waals surface area contributed by atoms with Gasteiger partial charge in [-0.2, -0.15) is 4.98 Å². The SMILES string of the molecule is Cc1noc(NC2CCCN(Cc3ccccc3)C2)n1.